The molecule has 0 spiro atoms. The van der Waals surface area contributed by atoms with Crippen molar-refractivity contribution in [3.63, 3.8) is 0 Å². The second-order valence-corrected chi connectivity index (χ2v) is 7.31. The van der Waals surface area contributed by atoms with Gasteiger partial charge in [-0.2, -0.15) is 0 Å². The van der Waals surface area contributed by atoms with Crippen LogP contribution in [0.2, 0.25) is 10.0 Å². The van der Waals surface area contributed by atoms with E-state index in [-0.39, 0.29) is 32.4 Å². The number of carbonyl (C=O) groups is 3. The number of fused-ring (bicyclic) bond motifs is 1. The first-order valence-corrected chi connectivity index (χ1v) is 9.58. The van der Waals surface area contributed by atoms with Crippen LogP contribution in [0.4, 0.5) is 11.4 Å². The molecule has 1 aliphatic heterocycles. The molecule has 0 unspecified atom stereocenters. The Kier molecular flexibility index (Phi) is 5.20. The maximum atomic E-state index is 12.8. The molecule has 1 aliphatic rings. The fourth-order valence-corrected chi connectivity index (χ4v) is 3.49. The minimum absolute atomic E-state index is 0.167. The molecule has 0 aromatic heterocycles. The number of ether oxygens (including phenoxy) is 1. The lowest BCUT2D eigenvalue weighted by atomic mass is 10.1. The van der Waals surface area contributed by atoms with Gasteiger partial charge in [-0.25, -0.2) is 4.90 Å². The Labute approximate surface area is 182 Å². The van der Waals surface area contributed by atoms with Gasteiger partial charge in [-0.15, -0.1) is 0 Å². The van der Waals surface area contributed by atoms with Crippen LogP contribution in [0.5, 0.6) is 5.75 Å². The lowest BCUT2D eigenvalue weighted by Gasteiger charge is -2.15. The van der Waals surface area contributed by atoms with Crippen LogP contribution in [-0.4, -0.2) is 24.8 Å². The first-order chi connectivity index (χ1) is 14.4. The summed E-state index contributed by atoms with van der Waals surface area (Å²) in [6.45, 7) is 0. The van der Waals surface area contributed by atoms with E-state index in [2.05, 4.69) is 5.32 Å². The van der Waals surface area contributed by atoms with E-state index in [0.29, 0.717) is 11.4 Å². The lowest BCUT2D eigenvalue weighted by Crippen LogP contribution is -2.29. The summed E-state index contributed by atoms with van der Waals surface area (Å²) < 4.78 is 5.15. The molecule has 0 saturated heterocycles. The molecule has 0 saturated carbocycles. The lowest BCUT2D eigenvalue weighted by molar-refractivity contribution is 0.0924. The van der Waals surface area contributed by atoms with Crippen LogP contribution in [0.15, 0.2) is 60.7 Å². The van der Waals surface area contributed by atoms with Crippen LogP contribution in [0.25, 0.3) is 0 Å². The zero-order valence-electron chi connectivity index (χ0n) is 15.6. The highest BCUT2D eigenvalue weighted by Crippen LogP contribution is 2.34. The van der Waals surface area contributed by atoms with E-state index in [9.17, 15) is 14.4 Å². The van der Waals surface area contributed by atoms with Gasteiger partial charge in [-0.3, -0.25) is 14.4 Å². The van der Waals surface area contributed by atoms with E-state index in [1.54, 1.807) is 42.5 Å². The third-order valence-electron chi connectivity index (χ3n) is 4.62. The monoisotopic (exact) mass is 440 g/mol. The maximum absolute atomic E-state index is 12.8. The summed E-state index contributed by atoms with van der Waals surface area (Å²) in [4.78, 5) is 39.3. The first-order valence-electron chi connectivity index (χ1n) is 8.82. The number of benzene rings is 3. The highest BCUT2D eigenvalue weighted by atomic mass is 35.5. The Morgan fingerprint density at radius 1 is 0.900 bits per heavy atom. The zero-order valence-corrected chi connectivity index (χ0v) is 17.1. The number of rotatable bonds is 4. The number of methoxy groups -OCH3 is 1. The van der Waals surface area contributed by atoms with Gasteiger partial charge in [-0.05, 0) is 42.5 Å². The standard InChI is InChI=1S/C22H14Cl2N2O4/c1-30-15-7-3-5-13(9-15)25-20(27)12-4-2-6-14(8-12)26-21(28)16-10-18(23)19(24)11-17(16)22(26)29/h2-11H,1H3,(H,25,27). The van der Waals surface area contributed by atoms with Crippen molar-refractivity contribution in [3.8, 4) is 5.75 Å². The molecule has 3 aromatic carbocycles. The van der Waals surface area contributed by atoms with Gasteiger partial charge >= 0.3 is 0 Å². The molecule has 0 bridgehead atoms. The average Bonchev–Trinajstić information content (AvgIpc) is 2.98. The molecule has 150 valence electrons. The van der Waals surface area contributed by atoms with E-state index in [4.69, 9.17) is 27.9 Å². The third kappa shape index (κ3) is 3.51. The molecule has 8 heteroatoms. The van der Waals surface area contributed by atoms with Crippen LogP contribution in [0, 0.1) is 0 Å². The van der Waals surface area contributed by atoms with Gasteiger partial charge in [0.25, 0.3) is 17.7 Å². The number of hydrogen-bond acceptors (Lipinski definition) is 4. The summed E-state index contributed by atoms with van der Waals surface area (Å²) in [6, 6.07) is 15.9. The topological polar surface area (TPSA) is 75.7 Å². The first kappa shape index (κ1) is 19.9. The Morgan fingerprint density at radius 3 is 2.17 bits per heavy atom. The van der Waals surface area contributed by atoms with Crippen molar-refractivity contribution in [1.29, 1.82) is 0 Å². The van der Waals surface area contributed by atoms with Crippen LogP contribution in [0.3, 0.4) is 0 Å². The predicted molar refractivity (Wildman–Crippen MR) is 115 cm³/mol. The molecule has 30 heavy (non-hydrogen) atoms. The van der Waals surface area contributed by atoms with Crippen LogP contribution < -0.4 is 15.0 Å². The summed E-state index contributed by atoms with van der Waals surface area (Å²) in [5.74, 6) is -0.851. The molecule has 4 rings (SSSR count). The summed E-state index contributed by atoms with van der Waals surface area (Å²) in [5, 5.41) is 3.13. The van der Waals surface area contributed by atoms with E-state index < -0.39 is 17.7 Å². The molecule has 3 aromatic rings. The molecule has 1 N–H and O–H groups in total. The zero-order chi connectivity index (χ0) is 21.4. The van der Waals surface area contributed by atoms with Crippen molar-refractivity contribution >= 4 is 52.3 Å². The molecule has 0 radical (unpaired) electrons. The molecule has 0 aliphatic carbocycles. The third-order valence-corrected chi connectivity index (χ3v) is 5.34. The van der Waals surface area contributed by atoms with E-state index in [0.717, 1.165) is 4.90 Å². The maximum Gasteiger partial charge on any atom is 0.266 e. The predicted octanol–water partition coefficient (Wildman–Crippen LogP) is 5.05. The van der Waals surface area contributed by atoms with Crippen molar-refractivity contribution < 1.29 is 19.1 Å². The Hall–Kier alpha value is -3.35. The van der Waals surface area contributed by atoms with Crippen molar-refractivity contribution in [2.24, 2.45) is 0 Å². The van der Waals surface area contributed by atoms with Gasteiger partial charge < -0.3 is 10.1 Å². The van der Waals surface area contributed by atoms with Gasteiger partial charge in [0.2, 0.25) is 0 Å². The molecule has 0 atom stereocenters. The highest BCUT2D eigenvalue weighted by molar-refractivity contribution is 6.44. The number of halogens is 2. The fraction of sp³-hybridized carbons (Fsp3) is 0.0455. The van der Waals surface area contributed by atoms with Gasteiger partial charge in [0, 0.05) is 17.3 Å². The van der Waals surface area contributed by atoms with Crippen molar-refractivity contribution in [2.75, 3.05) is 17.3 Å². The van der Waals surface area contributed by atoms with Crippen LogP contribution in [0.1, 0.15) is 31.1 Å². The number of hydrogen-bond donors (Lipinski definition) is 1. The average molecular weight is 441 g/mol. The molecular weight excluding hydrogens is 427 g/mol. The van der Waals surface area contributed by atoms with Crippen molar-refractivity contribution in [2.45, 2.75) is 0 Å². The van der Waals surface area contributed by atoms with Crippen molar-refractivity contribution in [1.82, 2.24) is 0 Å². The van der Waals surface area contributed by atoms with Gasteiger partial charge in [0.1, 0.15) is 5.75 Å². The van der Waals surface area contributed by atoms with Gasteiger partial charge in [0.05, 0.1) is 34.0 Å². The summed E-state index contributed by atoms with van der Waals surface area (Å²) >= 11 is 12.0. The highest BCUT2D eigenvalue weighted by Gasteiger charge is 2.37. The van der Waals surface area contributed by atoms with Crippen molar-refractivity contribution in [3.05, 3.63) is 87.4 Å². The number of amides is 3. The smallest absolute Gasteiger partial charge is 0.266 e. The van der Waals surface area contributed by atoms with E-state index >= 15 is 0 Å². The number of nitrogens with one attached hydrogen (secondary N) is 1. The van der Waals surface area contributed by atoms with Gasteiger partial charge in [-0.1, -0.05) is 35.3 Å². The fourth-order valence-electron chi connectivity index (χ4n) is 3.16. The summed E-state index contributed by atoms with van der Waals surface area (Å²) in [7, 11) is 1.53. The van der Waals surface area contributed by atoms with Gasteiger partial charge in [0.15, 0.2) is 0 Å². The number of carbonyl (C=O) groups excluding carboxylic acids is 3. The molecule has 0 fully saturated rings. The second kappa shape index (κ2) is 7.82. The molecule has 6 nitrogen and oxygen atoms in total. The Balaban J connectivity index is 1.63. The number of anilines is 2. The largest absolute Gasteiger partial charge is 0.497 e. The minimum Gasteiger partial charge on any atom is -0.497 e. The normalized spacial score (nSPS) is 12.7. The van der Waals surface area contributed by atoms with E-state index in [1.165, 1.54) is 25.3 Å². The molecule has 3 amide bonds. The Bertz CT molecular complexity index is 1170. The van der Waals surface area contributed by atoms with Crippen LogP contribution in [-0.2, 0) is 0 Å². The second-order valence-electron chi connectivity index (χ2n) is 6.49. The molecular formula is C22H14Cl2N2O4. The summed E-state index contributed by atoms with van der Waals surface area (Å²) in [6.07, 6.45) is 0. The Morgan fingerprint density at radius 2 is 1.53 bits per heavy atom. The summed E-state index contributed by atoms with van der Waals surface area (Å²) in [5.41, 5.74) is 1.44. The SMILES string of the molecule is COc1cccc(NC(=O)c2cccc(N3C(=O)c4cc(Cl)c(Cl)cc4C3=O)c2)c1. The van der Waals surface area contributed by atoms with E-state index in [1.807, 2.05) is 0 Å². The van der Waals surface area contributed by atoms with Crippen LogP contribution >= 0.6 is 23.2 Å². The molecule has 1 heterocycles. The quantitative estimate of drug-likeness (QED) is 0.575. The number of nitrogens with zero attached hydrogens (tertiary/aromatic N) is 1. The minimum atomic E-state index is -0.529. The number of imide groups is 1.